The van der Waals surface area contributed by atoms with Crippen LogP contribution in [0.4, 0.5) is 0 Å². The predicted molar refractivity (Wildman–Crippen MR) is 72.4 cm³/mol. The maximum Gasteiger partial charge on any atom is -0.0234 e. The van der Waals surface area contributed by atoms with Crippen LogP contribution in [-0.4, -0.2) is 11.3 Å². The van der Waals surface area contributed by atoms with E-state index in [2.05, 4.69) is 0 Å². The molecular weight excluding hydrogens is 255 g/mol. The van der Waals surface area contributed by atoms with Crippen LogP contribution in [0, 0.1) is 0 Å². The van der Waals surface area contributed by atoms with Gasteiger partial charge in [-0.3, -0.25) is 0 Å². The Morgan fingerprint density at radius 1 is 0.571 bits per heavy atom. The number of hydrogen-bond acceptors (Lipinski definition) is 0. The van der Waals surface area contributed by atoms with Crippen LogP contribution in [0.5, 0.6) is 0 Å². The van der Waals surface area contributed by atoms with Gasteiger partial charge >= 0.3 is 0 Å². The Hall–Kier alpha value is 0.910. The number of hydrogen-bond donors (Lipinski definition) is 0. The SMILES string of the molecule is Br.C1CCC(PC2CCCCC2)CC1. The molecule has 14 heavy (non-hydrogen) atoms. The third-order valence-electron chi connectivity index (χ3n) is 3.68. The van der Waals surface area contributed by atoms with Gasteiger partial charge in [0.15, 0.2) is 0 Å². The monoisotopic (exact) mass is 278 g/mol. The van der Waals surface area contributed by atoms with Gasteiger partial charge in [-0.25, -0.2) is 0 Å². The largest absolute Gasteiger partial charge is 0.116 e. The van der Waals surface area contributed by atoms with Crippen molar-refractivity contribution in [3.05, 3.63) is 0 Å². The Labute approximate surface area is 101 Å². The molecule has 0 saturated heterocycles. The summed E-state index contributed by atoms with van der Waals surface area (Å²) in [6.07, 6.45) is 15.4. The first kappa shape index (κ1) is 13.0. The molecule has 2 heteroatoms. The summed E-state index contributed by atoms with van der Waals surface area (Å²) in [4.78, 5) is 0. The molecule has 84 valence electrons. The highest BCUT2D eigenvalue weighted by atomic mass is 79.9. The summed E-state index contributed by atoms with van der Waals surface area (Å²) in [5.74, 6) is 0. The van der Waals surface area contributed by atoms with Crippen molar-refractivity contribution in [2.75, 3.05) is 0 Å². The Morgan fingerprint density at radius 2 is 0.929 bits per heavy atom. The van der Waals surface area contributed by atoms with Crippen LogP contribution in [0.25, 0.3) is 0 Å². The highest BCUT2D eigenvalue weighted by Gasteiger charge is 2.20. The first-order chi connectivity index (χ1) is 6.45. The molecule has 0 aliphatic heterocycles. The van der Waals surface area contributed by atoms with Crippen LogP contribution in [0.2, 0.25) is 0 Å². The summed E-state index contributed by atoms with van der Waals surface area (Å²) in [6.45, 7) is 0. The Kier molecular flexibility index (Phi) is 6.70. The van der Waals surface area contributed by atoms with Crippen LogP contribution in [-0.2, 0) is 0 Å². The molecule has 0 aromatic rings. The number of rotatable bonds is 2. The fraction of sp³-hybridized carbons (Fsp3) is 1.00. The molecule has 0 unspecified atom stereocenters. The van der Waals surface area contributed by atoms with Crippen molar-refractivity contribution in [1.29, 1.82) is 0 Å². The zero-order valence-electron chi connectivity index (χ0n) is 9.13. The average Bonchev–Trinajstić information content (AvgIpc) is 2.21. The lowest BCUT2D eigenvalue weighted by Crippen LogP contribution is -2.14. The molecule has 0 amide bonds. The van der Waals surface area contributed by atoms with Crippen LogP contribution < -0.4 is 0 Å². The van der Waals surface area contributed by atoms with E-state index in [0.29, 0.717) is 0 Å². The lowest BCUT2D eigenvalue weighted by Gasteiger charge is -2.28. The molecule has 0 aromatic carbocycles. The summed E-state index contributed by atoms with van der Waals surface area (Å²) >= 11 is 0. The van der Waals surface area contributed by atoms with Crippen molar-refractivity contribution >= 4 is 25.6 Å². The third-order valence-corrected chi connectivity index (χ3v) is 5.78. The molecule has 0 radical (unpaired) electrons. The minimum Gasteiger partial charge on any atom is -0.116 e. The third kappa shape index (κ3) is 4.19. The van der Waals surface area contributed by atoms with E-state index in [0.717, 1.165) is 11.3 Å². The van der Waals surface area contributed by atoms with Gasteiger partial charge in [-0.15, -0.1) is 25.6 Å². The average molecular weight is 279 g/mol. The van der Waals surface area contributed by atoms with E-state index in [4.69, 9.17) is 0 Å². The minimum atomic E-state index is 0. The summed E-state index contributed by atoms with van der Waals surface area (Å²) in [5.41, 5.74) is 2.30. The Morgan fingerprint density at radius 3 is 1.29 bits per heavy atom. The molecule has 0 atom stereocenters. The second kappa shape index (κ2) is 7.23. The van der Waals surface area contributed by atoms with E-state index in [9.17, 15) is 0 Å². The van der Waals surface area contributed by atoms with E-state index in [1.807, 2.05) is 0 Å². The quantitative estimate of drug-likeness (QED) is 0.630. The fourth-order valence-corrected chi connectivity index (χ4v) is 5.02. The first-order valence-corrected chi connectivity index (χ1v) is 7.37. The molecule has 2 aliphatic rings. The van der Waals surface area contributed by atoms with E-state index in [1.54, 1.807) is 25.7 Å². The van der Waals surface area contributed by atoms with E-state index >= 15 is 0 Å². The molecule has 2 aliphatic carbocycles. The molecule has 2 saturated carbocycles. The lowest BCUT2D eigenvalue weighted by molar-refractivity contribution is 0.490. The van der Waals surface area contributed by atoms with Crippen molar-refractivity contribution in [2.45, 2.75) is 75.5 Å². The van der Waals surface area contributed by atoms with Gasteiger partial charge in [-0.05, 0) is 37.0 Å². The molecular formula is C12H24BrP. The number of halogens is 1. The highest BCUT2D eigenvalue weighted by Crippen LogP contribution is 2.41. The summed E-state index contributed by atoms with van der Waals surface area (Å²) < 4.78 is 0. The summed E-state index contributed by atoms with van der Waals surface area (Å²) in [5, 5.41) is 0. The summed E-state index contributed by atoms with van der Waals surface area (Å²) in [7, 11) is 1.33. The molecule has 2 rings (SSSR count). The van der Waals surface area contributed by atoms with Gasteiger partial charge < -0.3 is 0 Å². The second-order valence-electron chi connectivity index (χ2n) is 4.84. The van der Waals surface area contributed by atoms with Crippen molar-refractivity contribution < 1.29 is 0 Å². The van der Waals surface area contributed by atoms with Gasteiger partial charge in [0.1, 0.15) is 0 Å². The van der Waals surface area contributed by atoms with E-state index in [-0.39, 0.29) is 17.0 Å². The van der Waals surface area contributed by atoms with Crippen LogP contribution >= 0.6 is 25.6 Å². The van der Waals surface area contributed by atoms with E-state index in [1.165, 1.54) is 47.1 Å². The van der Waals surface area contributed by atoms with Gasteiger partial charge in [0.25, 0.3) is 0 Å². The van der Waals surface area contributed by atoms with Crippen LogP contribution in [0.1, 0.15) is 64.2 Å². The zero-order chi connectivity index (χ0) is 8.93. The molecule has 0 aromatic heterocycles. The second-order valence-corrected chi connectivity index (χ2v) is 6.80. The zero-order valence-corrected chi connectivity index (χ0v) is 11.8. The highest BCUT2D eigenvalue weighted by molar-refractivity contribution is 8.93. The maximum absolute atomic E-state index is 1.56. The standard InChI is InChI=1S/C12H23P.BrH/c1-3-7-11(8-4-1)13-12-9-5-2-6-10-12;/h11-13H,1-10H2;1H. The topological polar surface area (TPSA) is 0 Å². The van der Waals surface area contributed by atoms with Gasteiger partial charge in [0.2, 0.25) is 0 Å². The normalized spacial score (nSPS) is 25.7. The molecule has 0 spiro atoms. The predicted octanol–water partition coefficient (Wildman–Crippen LogP) is 4.91. The van der Waals surface area contributed by atoms with Gasteiger partial charge in [0, 0.05) is 0 Å². The maximum atomic E-state index is 1.56. The smallest absolute Gasteiger partial charge is 0.0234 e. The van der Waals surface area contributed by atoms with Crippen molar-refractivity contribution in [3.63, 3.8) is 0 Å². The van der Waals surface area contributed by atoms with E-state index < -0.39 is 0 Å². The molecule has 2 fully saturated rings. The first-order valence-electron chi connectivity index (χ1n) is 6.21. The fourth-order valence-electron chi connectivity index (χ4n) is 2.87. The molecule has 0 heterocycles. The van der Waals surface area contributed by atoms with Crippen molar-refractivity contribution in [3.8, 4) is 0 Å². The van der Waals surface area contributed by atoms with Crippen LogP contribution in [0.3, 0.4) is 0 Å². The molecule has 0 N–H and O–H groups in total. The summed E-state index contributed by atoms with van der Waals surface area (Å²) in [6, 6.07) is 0. The van der Waals surface area contributed by atoms with Gasteiger partial charge in [-0.1, -0.05) is 38.5 Å². The van der Waals surface area contributed by atoms with Crippen molar-refractivity contribution in [1.82, 2.24) is 0 Å². The Balaban J connectivity index is 0.000000980. The van der Waals surface area contributed by atoms with Crippen molar-refractivity contribution in [2.24, 2.45) is 0 Å². The minimum absolute atomic E-state index is 0. The molecule has 0 nitrogen and oxygen atoms in total. The van der Waals surface area contributed by atoms with Gasteiger partial charge in [0.05, 0.1) is 0 Å². The Bertz CT molecular complexity index is 121. The van der Waals surface area contributed by atoms with Gasteiger partial charge in [-0.2, -0.15) is 0 Å². The lowest BCUT2D eigenvalue weighted by atomic mass is 10.00. The molecule has 0 bridgehead atoms. The van der Waals surface area contributed by atoms with Crippen LogP contribution in [0.15, 0.2) is 0 Å².